The number of aryl methyl sites for hydroxylation is 1. The van der Waals surface area contributed by atoms with Gasteiger partial charge in [0.2, 0.25) is 5.03 Å². The Kier molecular flexibility index (Phi) is 4.42. The molecule has 1 aliphatic rings. The summed E-state index contributed by atoms with van der Waals surface area (Å²) < 4.78 is 27.6. The van der Waals surface area contributed by atoms with Crippen molar-refractivity contribution in [1.82, 2.24) is 24.2 Å². The number of hydrogen-bond donors (Lipinski definition) is 1. The summed E-state index contributed by atoms with van der Waals surface area (Å²) in [5.41, 5.74) is 0. The van der Waals surface area contributed by atoms with Crippen molar-refractivity contribution in [2.45, 2.75) is 5.03 Å². The van der Waals surface area contributed by atoms with E-state index < -0.39 is 16.0 Å². The molecule has 0 unspecified atom stereocenters. The predicted molar refractivity (Wildman–Crippen MR) is 71.5 cm³/mol. The lowest BCUT2D eigenvalue weighted by Crippen LogP contribution is -2.50. The van der Waals surface area contributed by atoms with Crippen LogP contribution in [0, 0.1) is 0 Å². The van der Waals surface area contributed by atoms with Crippen LogP contribution in [0.3, 0.4) is 0 Å². The van der Waals surface area contributed by atoms with Crippen LogP contribution >= 0.6 is 15.9 Å². The van der Waals surface area contributed by atoms with Crippen molar-refractivity contribution in [2.24, 2.45) is 7.05 Å². The number of carboxylic acids is 1. The average molecular weight is 368 g/mol. The number of nitrogens with zero attached hydrogens (tertiary/aromatic N) is 5. The molecule has 0 spiro atoms. The molecule has 9 nitrogen and oxygen atoms in total. The Hall–Kier alpha value is -1.04. The molecule has 112 valence electrons. The lowest BCUT2D eigenvalue weighted by atomic mass is 10.3. The summed E-state index contributed by atoms with van der Waals surface area (Å²) in [6, 6.07) is 0. The maximum absolute atomic E-state index is 12.5. The highest BCUT2D eigenvalue weighted by molar-refractivity contribution is 9.10. The Balaban J connectivity index is 2.12. The van der Waals surface area contributed by atoms with Crippen molar-refractivity contribution in [3.8, 4) is 0 Å². The first kappa shape index (κ1) is 15.4. The molecule has 1 aromatic rings. The monoisotopic (exact) mass is 367 g/mol. The Bertz CT molecular complexity index is 588. The van der Waals surface area contributed by atoms with E-state index in [1.165, 1.54) is 16.0 Å². The first-order valence-electron chi connectivity index (χ1n) is 5.82. The van der Waals surface area contributed by atoms with Crippen LogP contribution in [0.5, 0.6) is 0 Å². The van der Waals surface area contributed by atoms with Gasteiger partial charge in [-0.25, -0.2) is 13.1 Å². The number of piperazine rings is 1. The van der Waals surface area contributed by atoms with E-state index in [2.05, 4.69) is 26.2 Å². The fourth-order valence-corrected chi connectivity index (χ4v) is 4.49. The Labute approximate surface area is 124 Å². The summed E-state index contributed by atoms with van der Waals surface area (Å²) >= 11 is 3.08. The number of halogens is 1. The highest BCUT2D eigenvalue weighted by atomic mass is 79.9. The van der Waals surface area contributed by atoms with Crippen LogP contribution in [0.2, 0.25) is 0 Å². The summed E-state index contributed by atoms with van der Waals surface area (Å²) in [5, 5.41) is 16.0. The molecule has 0 aliphatic carbocycles. The topological polar surface area (TPSA) is 109 Å². The van der Waals surface area contributed by atoms with Crippen LogP contribution in [0.4, 0.5) is 0 Å². The van der Waals surface area contributed by atoms with Gasteiger partial charge in [0.25, 0.3) is 10.0 Å². The van der Waals surface area contributed by atoms with Gasteiger partial charge in [-0.1, -0.05) is 5.21 Å². The van der Waals surface area contributed by atoms with E-state index >= 15 is 0 Å². The van der Waals surface area contributed by atoms with Gasteiger partial charge in [-0.05, 0) is 15.9 Å². The van der Waals surface area contributed by atoms with Gasteiger partial charge in [0.1, 0.15) is 0 Å². The second-order valence-corrected chi connectivity index (χ2v) is 6.99. The smallest absolute Gasteiger partial charge is 0.317 e. The van der Waals surface area contributed by atoms with Crippen LogP contribution in [0.25, 0.3) is 0 Å². The molecule has 2 rings (SSSR count). The molecule has 1 aliphatic heterocycles. The van der Waals surface area contributed by atoms with Gasteiger partial charge < -0.3 is 5.11 Å². The normalized spacial score (nSPS) is 18.3. The molecule has 1 saturated heterocycles. The number of rotatable bonds is 4. The number of aliphatic carboxylic acids is 1. The van der Waals surface area contributed by atoms with Crippen LogP contribution < -0.4 is 0 Å². The van der Waals surface area contributed by atoms with Crippen molar-refractivity contribution in [2.75, 3.05) is 32.7 Å². The van der Waals surface area contributed by atoms with E-state index in [1.807, 2.05) is 0 Å². The van der Waals surface area contributed by atoms with E-state index in [-0.39, 0.29) is 29.3 Å². The Morgan fingerprint density at radius 3 is 2.40 bits per heavy atom. The average Bonchev–Trinajstić information content (AvgIpc) is 2.69. The van der Waals surface area contributed by atoms with Crippen LogP contribution in [-0.2, 0) is 21.9 Å². The highest BCUT2D eigenvalue weighted by Crippen LogP contribution is 2.22. The second kappa shape index (κ2) is 5.76. The Morgan fingerprint density at radius 2 is 1.95 bits per heavy atom. The minimum Gasteiger partial charge on any atom is -0.480 e. The first-order chi connectivity index (χ1) is 9.32. The predicted octanol–water partition coefficient (Wildman–Crippen LogP) is -1.03. The van der Waals surface area contributed by atoms with Crippen molar-refractivity contribution >= 4 is 31.9 Å². The van der Waals surface area contributed by atoms with Gasteiger partial charge in [0, 0.05) is 33.2 Å². The number of sulfonamides is 1. The minimum atomic E-state index is -3.68. The van der Waals surface area contributed by atoms with E-state index in [1.54, 1.807) is 4.90 Å². The van der Waals surface area contributed by atoms with E-state index in [4.69, 9.17) is 5.11 Å². The summed E-state index contributed by atoms with van der Waals surface area (Å²) in [4.78, 5) is 12.3. The summed E-state index contributed by atoms with van der Waals surface area (Å²) in [6.07, 6.45) is 0. The first-order valence-corrected chi connectivity index (χ1v) is 8.05. The van der Waals surface area contributed by atoms with Gasteiger partial charge in [-0.3, -0.25) is 9.69 Å². The number of carboxylic acid groups (broad SMARTS) is 1. The SMILES string of the molecule is Cn1nnc(Br)c1S(=O)(=O)N1CCN(CC(=O)O)CC1. The lowest BCUT2D eigenvalue weighted by molar-refractivity contribution is -0.138. The van der Waals surface area contributed by atoms with Crippen molar-refractivity contribution in [1.29, 1.82) is 0 Å². The lowest BCUT2D eigenvalue weighted by Gasteiger charge is -2.32. The molecule has 20 heavy (non-hydrogen) atoms. The minimum absolute atomic E-state index is 0.00387. The quantitative estimate of drug-likeness (QED) is 0.724. The van der Waals surface area contributed by atoms with Crippen LogP contribution in [0.1, 0.15) is 0 Å². The van der Waals surface area contributed by atoms with Gasteiger partial charge in [-0.2, -0.15) is 4.31 Å². The van der Waals surface area contributed by atoms with Crippen molar-refractivity contribution < 1.29 is 18.3 Å². The maximum Gasteiger partial charge on any atom is 0.317 e. The molecule has 1 aromatic heterocycles. The zero-order valence-corrected chi connectivity index (χ0v) is 13.1. The molecule has 0 saturated carbocycles. The van der Waals surface area contributed by atoms with E-state index in [0.717, 1.165) is 0 Å². The zero-order valence-electron chi connectivity index (χ0n) is 10.7. The van der Waals surface area contributed by atoms with E-state index in [0.29, 0.717) is 13.1 Å². The third-order valence-corrected chi connectivity index (χ3v) is 5.80. The molecule has 1 N–H and O–H groups in total. The maximum atomic E-state index is 12.5. The fourth-order valence-electron chi connectivity index (χ4n) is 2.04. The summed E-state index contributed by atoms with van der Waals surface area (Å²) in [5.74, 6) is -0.917. The molecule has 11 heteroatoms. The Morgan fingerprint density at radius 1 is 1.35 bits per heavy atom. The highest BCUT2D eigenvalue weighted by Gasteiger charge is 2.33. The molecule has 0 aromatic carbocycles. The molecule has 0 radical (unpaired) electrons. The number of carbonyl (C=O) groups is 1. The molecular weight excluding hydrogens is 354 g/mol. The summed E-state index contributed by atoms with van der Waals surface area (Å²) in [7, 11) is -2.18. The van der Waals surface area contributed by atoms with Gasteiger partial charge >= 0.3 is 5.97 Å². The van der Waals surface area contributed by atoms with Crippen molar-refractivity contribution in [3.63, 3.8) is 0 Å². The van der Waals surface area contributed by atoms with E-state index in [9.17, 15) is 13.2 Å². The third kappa shape index (κ3) is 3.00. The van der Waals surface area contributed by atoms with Gasteiger partial charge in [0.05, 0.1) is 6.54 Å². The molecule has 2 heterocycles. The molecule has 0 bridgehead atoms. The van der Waals surface area contributed by atoms with Crippen molar-refractivity contribution in [3.05, 3.63) is 4.60 Å². The second-order valence-electron chi connectivity index (χ2n) is 4.38. The zero-order chi connectivity index (χ0) is 14.9. The number of aromatic nitrogens is 3. The molecule has 1 fully saturated rings. The van der Waals surface area contributed by atoms with Crippen LogP contribution in [0.15, 0.2) is 9.63 Å². The number of hydrogen-bond acceptors (Lipinski definition) is 6. The molecule has 0 atom stereocenters. The molecule has 0 amide bonds. The van der Waals surface area contributed by atoms with Crippen LogP contribution in [-0.4, -0.2) is 76.4 Å². The largest absolute Gasteiger partial charge is 0.480 e. The molecular formula is C9H14BrN5O4S. The third-order valence-electron chi connectivity index (χ3n) is 3.01. The fraction of sp³-hybridized carbons (Fsp3) is 0.667. The standard InChI is InChI=1S/C9H14BrN5O4S/c1-13-9(8(10)11-12-13)20(18,19)15-4-2-14(3-5-15)6-7(16)17/h2-6H2,1H3,(H,16,17). The van der Waals surface area contributed by atoms with Gasteiger partial charge in [-0.15, -0.1) is 5.10 Å². The van der Waals surface area contributed by atoms with Gasteiger partial charge in [0.15, 0.2) is 4.60 Å². The summed E-state index contributed by atoms with van der Waals surface area (Å²) in [6.45, 7) is 1.17.